The Hall–Kier alpha value is -2.58. The molecule has 3 rings (SSSR count). The number of hydrogen-bond acceptors (Lipinski definition) is 4. The van der Waals surface area contributed by atoms with Gasteiger partial charge in [0.2, 0.25) is 0 Å². The first-order valence-corrected chi connectivity index (χ1v) is 6.64. The summed E-state index contributed by atoms with van der Waals surface area (Å²) in [7, 11) is 0. The van der Waals surface area contributed by atoms with Gasteiger partial charge in [-0.25, -0.2) is 15.0 Å². The minimum atomic E-state index is -4.47. The summed E-state index contributed by atoms with van der Waals surface area (Å²) in [5.41, 5.74) is -0.764. The molecule has 22 heavy (non-hydrogen) atoms. The highest BCUT2D eigenvalue weighted by atomic mass is 19.4. The fourth-order valence-electron chi connectivity index (χ4n) is 2.07. The molecule has 0 atom stereocenters. The predicted octanol–water partition coefficient (Wildman–Crippen LogP) is 2.45. The van der Waals surface area contributed by atoms with E-state index in [0.29, 0.717) is 12.4 Å². The van der Waals surface area contributed by atoms with Crippen LogP contribution >= 0.6 is 0 Å². The lowest BCUT2D eigenvalue weighted by atomic mass is 10.4. The Labute approximate surface area is 123 Å². The molecule has 0 saturated carbocycles. The maximum absolute atomic E-state index is 12.7. The molecule has 0 radical (unpaired) electrons. The van der Waals surface area contributed by atoms with Crippen molar-refractivity contribution in [3.63, 3.8) is 0 Å². The van der Waals surface area contributed by atoms with Gasteiger partial charge in [-0.3, -0.25) is 0 Å². The zero-order chi connectivity index (χ0) is 15.6. The molecular weight excluding hydrogens is 297 g/mol. The molecule has 0 aromatic carbocycles. The van der Waals surface area contributed by atoms with Gasteiger partial charge in [0.05, 0.1) is 6.33 Å². The highest BCUT2D eigenvalue weighted by Gasteiger charge is 2.34. The summed E-state index contributed by atoms with van der Waals surface area (Å²) in [6.07, 6.45) is 5.40. The van der Waals surface area contributed by atoms with Crippen LogP contribution in [0.5, 0.6) is 0 Å². The third kappa shape index (κ3) is 3.02. The van der Waals surface area contributed by atoms with Crippen LogP contribution < -0.4 is 5.32 Å². The van der Waals surface area contributed by atoms with E-state index < -0.39 is 11.9 Å². The number of alkyl halides is 3. The van der Waals surface area contributed by atoms with Crippen molar-refractivity contribution < 1.29 is 13.2 Å². The number of fused-ring (bicyclic) bond motifs is 1. The Morgan fingerprint density at radius 2 is 2.05 bits per heavy atom. The lowest BCUT2D eigenvalue weighted by Crippen LogP contribution is -2.08. The number of halogens is 3. The zero-order valence-electron chi connectivity index (χ0n) is 11.5. The lowest BCUT2D eigenvalue weighted by molar-refractivity contribution is -0.140. The Kier molecular flexibility index (Phi) is 3.70. The highest BCUT2D eigenvalue weighted by Crippen LogP contribution is 2.29. The van der Waals surface area contributed by atoms with Gasteiger partial charge in [-0.15, -0.1) is 0 Å². The molecule has 0 aliphatic heterocycles. The Morgan fingerprint density at radius 1 is 1.18 bits per heavy atom. The molecule has 0 aliphatic carbocycles. The largest absolute Gasteiger partial charge is 0.434 e. The standard InChI is InChI=1S/C13H13F3N6/c14-13(15,16)10-8-22-7-4-19-11(12(22)20-10)18-2-1-5-21-6-3-17-9-21/h3-4,6-9H,1-2,5H2,(H,18,19). The molecular formula is C13H13F3N6. The van der Waals surface area contributed by atoms with Crippen molar-refractivity contribution in [2.24, 2.45) is 0 Å². The predicted molar refractivity (Wildman–Crippen MR) is 73.3 cm³/mol. The summed E-state index contributed by atoms with van der Waals surface area (Å²) < 4.78 is 41.3. The molecule has 6 nitrogen and oxygen atoms in total. The van der Waals surface area contributed by atoms with Crippen LogP contribution in [0.25, 0.3) is 5.65 Å². The number of anilines is 1. The van der Waals surface area contributed by atoms with Gasteiger partial charge in [-0.1, -0.05) is 0 Å². The molecule has 1 N–H and O–H groups in total. The van der Waals surface area contributed by atoms with Crippen LogP contribution in [-0.2, 0) is 12.7 Å². The summed E-state index contributed by atoms with van der Waals surface area (Å²) in [6, 6.07) is 0. The van der Waals surface area contributed by atoms with Crippen LogP contribution in [-0.4, -0.2) is 30.5 Å². The van der Waals surface area contributed by atoms with E-state index in [1.807, 2.05) is 10.8 Å². The van der Waals surface area contributed by atoms with Gasteiger partial charge in [-0.2, -0.15) is 13.2 Å². The first-order chi connectivity index (χ1) is 10.5. The van der Waals surface area contributed by atoms with Gasteiger partial charge in [-0.05, 0) is 6.42 Å². The van der Waals surface area contributed by atoms with Crippen LogP contribution in [0.2, 0.25) is 0 Å². The van der Waals surface area contributed by atoms with Crippen molar-refractivity contribution in [3.05, 3.63) is 43.0 Å². The van der Waals surface area contributed by atoms with Gasteiger partial charge in [0, 0.05) is 44.1 Å². The molecule has 0 bridgehead atoms. The van der Waals surface area contributed by atoms with E-state index in [2.05, 4.69) is 20.3 Å². The van der Waals surface area contributed by atoms with E-state index >= 15 is 0 Å². The van der Waals surface area contributed by atoms with E-state index in [-0.39, 0.29) is 5.65 Å². The van der Waals surface area contributed by atoms with Crippen LogP contribution in [0.15, 0.2) is 37.3 Å². The van der Waals surface area contributed by atoms with Crippen molar-refractivity contribution in [1.82, 2.24) is 23.9 Å². The normalized spacial score (nSPS) is 12.0. The van der Waals surface area contributed by atoms with Crippen LogP contribution in [0.1, 0.15) is 12.1 Å². The van der Waals surface area contributed by atoms with Crippen molar-refractivity contribution in [3.8, 4) is 0 Å². The molecule has 9 heteroatoms. The third-order valence-electron chi connectivity index (χ3n) is 3.11. The summed E-state index contributed by atoms with van der Waals surface area (Å²) in [6.45, 7) is 1.33. The fourth-order valence-corrected chi connectivity index (χ4v) is 2.07. The average Bonchev–Trinajstić information content (AvgIpc) is 3.12. The van der Waals surface area contributed by atoms with Crippen molar-refractivity contribution in [2.75, 3.05) is 11.9 Å². The number of aryl methyl sites for hydroxylation is 1. The minimum absolute atomic E-state index is 0.164. The molecule has 0 aliphatic rings. The van der Waals surface area contributed by atoms with Crippen LogP contribution in [0.3, 0.4) is 0 Å². The molecule has 0 unspecified atom stereocenters. The third-order valence-corrected chi connectivity index (χ3v) is 3.11. The van der Waals surface area contributed by atoms with E-state index in [9.17, 15) is 13.2 Å². The quantitative estimate of drug-likeness (QED) is 0.735. The van der Waals surface area contributed by atoms with Crippen LogP contribution in [0.4, 0.5) is 19.0 Å². The molecule has 116 valence electrons. The first-order valence-electron chi connectivity index (χ1n) is 6.64. The maximum Gasteiger partial charge on any atom is 0.434 e. The number of rotatable bonds is 5. The second kappa shape index (κ2) is 5.66. The summed E-state index contributed by atoms with van der Waals surface area (Å²) in [5.74, 6) is 0.337. The minimum Gasteiger partial charge on any atom is -0.367 e. The van der Waals surface area contributed by atoms with Gasteiger partial charge in [0.15, 0.2) is 17.2 Å². The molecule has 0 spiro atoms. The zero-order valence-corrected chi connectivity index (χ0v) is 11.5. The maximum atomic E-state index is 12.7. The van der Waals surface area contributed by atoms with Crippen LogP contribution in [0, 0.1) is 0 Å². The van der Waals surface area contributed by atoms with Gasteiger partial charge < -0.3 is 14.3 Å². The molecule has 0 fully saturated rings. The number of aromatic nitrogens is 5. The summed E-state index contributed by atoms with van der Waals surface area (Å²) >= 11 is 0. The number of imidazole rings is 2. The number of nitrogens with zero attached hydrogens (tertiary/aromatic N) is 5. The summed E-state index contributed by atoms with van der Waals surface area (Å²) in [5, 5.41) is 3.02. The van der Waals surface area contributed by atoms with Crippen molar-refractivity contribution >= 4 is 11.5 Å². The van der Waals surface area contributed by atoms with Crippen molar-refractivity contribution in [2.45, 2.75) is 19.1 Å². The van der Waals surface area contributed by atoms with E-state index in [1.165, 1.54) is 16.8 Å². The SMILES string of the molecule is FC(F)(F)c1cn2ccnc(NCCCn3ccnc3)c2n1. The van der Waals surface area contributed by atoms with E-state index in [0.717, 1.165) is 19.2 Å². The highest BCUT2D eigenvalue weighted by molar-refractivity contribution is 5.62. The number of nitrogens with one attached hydrogen (secondary N) is 1. The Balaban J connectivity index is 1.69. The number of hydrogen-bond donors (Lipinski definition) is 1. The molecule has 3 heterocycles. The molecule has 3 aromatic heterocycles. The second-order valence-electron chi connectivity index (χ2n) is 4.71. The first kappa shape index (κ1) is 14.4. The molecule has 0 saturated heterocycles. The van der Waals surface area contributed by atoms with Crippen molar-refractivity contribution in [1.29, 1.82) is 0 Å². The van der Waals surface area contributed by atoms with Gasteiger partial charge in [0.25, 0.3) is 0 Å². The van der Waals surface area contributed by atoms with E-state index in [1.54, 1.807) is 12.5 Å². The Bertz CT molecular complexity index is 747. The Morgan fingerprint density at radius 3 is 2.77 bits per heavy atom. The van der Waals surface area contributed by atoms with Gasteiger partial charge in [0.1, 0.15) is 0 Å². The monoisotopic (exact) mass is 310 g/mol. The molecule has 0 amide bonds. The fraction of sp³-hybridized carbons (Fsp3) is 0.308. The summed E-state index contributed by atoms with van der Waals surface area (Å²) in [4.78, 5) is 11.6. The lowest BCUT2D eigenvalue weighted by Gasteiger charge is -2.06. The average molecular weight is 310 g/mol. The molecule has 3 aromatic rings. The van der Waals surface area contributed by atoms with E-state index in [4.69, 9.17) is 0 Å². The topological polar surface area (TPSA) is 60.0 Å². The van der Waals surface area contributed by atoms with Gasteiger partial charge >= 0.3 is 6.18 Å². The smallest absolute Gasteiger partial charge is 0.367 e. The second-order valence-corrected chi connectivity index (χ2v) is 4.71.